The average molecular weight is 432 g/mol. The molecule has 3 heterocycles. The molecule has 1 atom stereocenters. The van der Waals surface area contributed by atoms with E-state index in [0.717, 1.165) is 23.6 Å². The van der Waals surface area contributed by atoms with E-state index in [1.165, 1.54) is 17.7 Å². The van der Waals surface area contributed by atoms with Crippen LogP contribution in [-0.4, -0.2) is 53.6 Å². The molecule has 3 aliphatic rings. The van der Waals surface area contributed by atoms with Crippen LogP contribution >= 0.6 is 0 Å². The van der Waals surface area contributed by atoms with Crippen molar-refractivity contribution in [2.75, 3.05) is 23.3 Å². The summed E-state index contributed by atoms with van der Waals surface area (Å²) in [6.45, 7) is 0.925. The van der Waals surface area contributed by atoms with Crippen molar-refractivity contribution in [2.45, 2.75) is 25.3 Å². The maximum absolute atomic E-state index is 12.9. The lowest BCUT2D eigenvalue weighted by Crippen LogP contribution is -2.54. The molecule has 5 rings (SSSR count). The van der Waals surface area contributed by atoms with Crippen LogP contribution in [0.3, 0.4) is 0 Å². The lowest BCUT2D eigenvalue weighted by atomic mass is 10.0. The molecule has 0 aromatic heterocycles. The molecule has 0 bridgehead atoms. The molecule has 162 valence electrons. The third-order valence-electron chi connectivity index (χ3n) is 6.04. The summed E-state index contributed by atoms with van der Waals surface area (Å²) in [6.07, 6.45) is 1.04. The standard InChI is InChI=1S/C23H20N4O5/c28-19-8-7-18(21(30)25-19)27-22(31)15-6-5-14(11-16(15)23(27)32)24-20(29)12-26-10-9-13-3-1-2-4-17(13)26/h1-6,11,18H,7-10,12H2,(H,24,29)(H,25,28,30). The SMILES string of the molecule is O=C1CCC(N2C(=O)c3ccc(NC(=O)CN4CCc5ccccc54)cc3C2=O)C(=O)N1. The van der Waals surface area contributed by atoms with E-state index in [-0.39, 0.29) is 36.4 Å². The number of nitrogens with zero attached hydrogens (tertiary/aromatic N) is 2. The molecule has 9 nitrogen and oxygen atoms in total. The van der Waals surface area contributed by atoms with Gasteiger partial charge in [0, 0.05) is 24.3 Å². The van der Waals surface area contributed by atoms with Crippen LogP contribution in [0.2, 0.25) is 0 Å². The minimum atomic E-state index is -1.02. The van der Waals surface area contributed by atoms with E-state index in [1.54, 1.807) is 6.07 Å². The summed E-state index contributed by atoms with van der Waals surface area (Å²) >= 11 is 0. The summed E-state index contributed by atoms with van der Waals surface area (Å²) in [4.78, 5) is 64.7. The number of fused-ring (bicyclic) bond motifs is 2. The molecular formula is C23H20N4O5. The number of carbonyl (C=O) groups excluding carboxylic acids is 5. The van der Waals surface area contributed by atoms with Crippen LogP contribution in [0.5, 0.6) is 0 Å². The van der Waals surface area contributed by atoms with Gasteiger partial charge in [-0.25, -0.2) is 0 Å². The average Bonchev–Trinajstić information content (AvgIpc) is 3.27. The summed E-state index contributed by atoms with van der Waals surface area (Å²) in [5.74, 6) is -2.50. The predicted octanol–water partition coefficient (Wildman–Crippen LogP) is 1.09. The lowest BCUT2D eigenvalue weighted by Gasteiger charge is -2.27. The van der Waals surface area contributed by atoms with E-state index in [0.29, 0.717) is 5.69 Å². The highest BCUT2D eigenvalue weighted by atomic mass is 16.2. The maximum Gasteiger partial charge on any atom is 0.262 e. The zero-order valence-electron chi connectivity index (χ0n) is 17.1. The number of nitrogens with one attached hydrogen (secondary N) is 2. The van der Waals surface area contributed by atoms with Gasteiger partial charge in [0.2, 0.25) is 17.7 Å². The molecule has 3 aliphatic heterocycles. The molecule has 0 spiro atoms. The maximum atomic E-state index is 12.9. The van der Waals surface area contributed by atoms with Crippen LogP contribution in [0.25, 0.3) is 0 Å². The van der Waals surface area contributed by atoms with Crippen LogP contribution in [0.1, 0.15) is 39.1 Å². The quantitative estimate of drug-likeness (QED) is 0.699. The molecule has 0 aliphatic carbocycles. The van der Waals surface area contributed by atoms with E-state index in [4.69, 9.17) is 0 Å². The molecule has 32 heavy (non-hydrogen) atoms. The van der Waals surface area contributed by atoms with Crippen LogP contribution in [0.4, 0.5) is 11.4 Å². The fourth-order valence-corrected chi connectivity index (χ4v) is 4.49. The van der Waals surface area contributed by atoms with Crippen LogP contribution in [-0.2, 0) is 20.8 Å². The number of hydrogen-bond acceptors (Lipinski definition) is 6. The Kier molecular flexibility index (Phi) is 4.73. The molecule has 2 aromatic carbocycles. The van der Waals surface area contributed by atoms with Crippen molar-refractivity contribution in [3.05, 3.63) is 59.2 Å². The molecule has 2 aromatic rings. The molecule has 0 radical (unpaired) electrons. The van der Waals surface area contributed by atoms with Gasteiger partial charge in [-0.1, -0.05) is 18.2 Å². The molecule has 1 fully saturated rings. The number of para-hydroxylation sites is 1. The van der Waals surface area contributed by atoms with Gasteiger partial charge in [-0.2, -0.15) is 0 Å². The van der Waals surface area contributed by atoms with Gasteiger partial charge in [0.1, 0.15) is 6.04 Å². The lowest BCUT2D eigenvalue weighted by molar-refractivity contribution is -0.136. The summed E-state index contributed by atoms with van der Waals surface area (Å²) in [7, 11) is 0. The summed E-state index contributed by atoms with van der Waals surface area (Å²) < 4.78 is 0. The number of carbonyl (C=O) groups is 5. The van der Waals surface area contributed by atoms with Gasteiger partial charge in [-0.15, -0.1) is 0 Å². The first-order chi connectivity index (χ1) is 15.4. The Balaban J connectivity index is 1.30. The van der Waals surface area contributed by atoms with Gasteiger partial charge in [-0.3, -0.25) is 34.2 Å². The zero-order valence-corrected chi connectivity index (χ0v) is 17.1. The summed E-state index contributed by atoms with van der Waals surface area (Å²) in [5.41, 5.74) is 2.94. The van der Waals surface area contributed by atoms with Crippen molar-refractivity contribution in [3.8, 4) is 0 Å². The molecule has 1 saturated heterocycles. The Bertz CT molecular complexity index is 1190. The van der Waals surface area contributed by atoms with E-state index < -0.39 is 29.7 Å². The van der Waals surface area contributed by atoms with Gasteiger partial charge in [-0.05, 0) is 42.7 Å². The first-order valence-corrected chi connectivity index (χ1v) is 10.4. The Labute approximate surface area is 183 Å². The fourth-order valence-electron chi connectivity index (χ4n) is 4.49. The molecule has 0 saturated carbocycles. The van der Waals surface area contributed by atoms with Crippen molar-refractivity contribution >= 4 is 40.9 Å². The smallest absolute Gasteiger partial charge is 0.262 e. The van der Waals surface area contributed by atoms with Crippen LogP contribution in [0.15, 0.2) is 42.5 Å². The van der Waals surface area contributed by atoms with Crippen molar-refractivity contribution in [1.82, 2.24) is 10.2 Å². The van der Waals surface area contributed by atoms with E-state index in [9.17, 15) is 24.0 Å². The second-order valence-electron chi connectivity index (χ2n) is 8.06. The number of benzene rings is 2. The number of piperidine rings is 1. The minimum absolute atomic E-state index is 0.0603. The van der Waals surface area contributed by atoms with E-state index >= 15 is 0 Å². The van der Waals surface area contributed by atoms with Crippen LogP contribution < -0.4 is 15.5 Å². The first kappa shape index (κ1) is 19.9. The Morgan fingerprint density at radius 1 is 1.00 bits per heavy atom. The highest BCUT2D eigenvalue weighted by Gasteiger charge is 2.44. The van der Waals surface area contributed by atoms with Crippen molar-refractivity contribution in [3.63, 3.8) is 0 Å². The van der Waals surface area contributed by atoms with Crippen molar-refractivity contribution in [1.29, 1.82) is 0 Å². The first-order valence-electron chi connectivity index (χ1n) is 10.4. The van der Waals surface area contributed by atoms with Gasteiger partial charge in [0.15, 0.2) is 0 Å². The molecule has 5 amide bonds. The predicted molar refractivity (Wildman–Crippen MR) is 114 cm³/mol. The molecule has 1 unspecified atom stereocenters. The number of imide groups is 2. The molecule has 2 N–H and O–H groups in total. The summed E-state index contributed by atoms with van der Waals surface area (Å²) in [5, 5.41) is 4.95. The second kappa shape index (κ2) is 7.60. The minimum Gasteiger partial charge on any atom is -0.362 e. The molecule has 9 heteroatoms. The summed E-state index contributed by atoms with van der Waals surface area (Å²) in [6, 6.07) is 11.4. The largest absolute Gasteiger partial charge is 0.362 e. The monoisotopic (exact) mass is 432 g/mol. The number of anilines is 2. The highest BCUT2D eigenvalue weighted by Crippen LogP contribution is 2.30. The third-order valence-corrected chi connectivity index (χ3v) is 6.04. The van der Waals surface area contributed by atoms with Crippen LogP contribution in [0, 0.1) is 0 Å². The zero-order chi connectivity index (χ0) is 22.4. The van der Waals surface area contributed by atoms with Gasteiger partial charge >= 0.3 is 0 Å². The van der Waals surface area contributed by atoms with E-state index in [1.807, 2.05) is 29.2 Å². The van der Waals surface area contributed by atoms with E-state index in [2.05, 4.69) is 10.6 Å². The second-order valence-corrected chi connectivity index (χ2v) is 8.06. The highest BCUT2D eigenvalue weighted by molar-refractivity contribution is 6.24. The van der Waals surface area contributed by atoms with Gasteiger partial charge < -0.3 is 10.2 Å². The Morgan fingerprint density at radius 3 is 2.59 bits per heavy atom. The Morgan fingerprint density at radius 2 is 1.78 bits per heavy atom. The number of rotatable bonds is 4. The van der Waals surface area contributed by atoms with Gasteiger partial charge in [0.05, 0.1) is 17.7 Å². The Hall–Kier alpha value is -4.01. The van der Waals surface area contributed by atoms with Crippen molar-refractivity contribution < 1.29 is 24.0 Å². The topological polar surface area (TPSA) is 116 Å². The molecular weight excluding hydrogens is 412 g/mol. The third kappa shape index (κ3) is 3.31. The van der Waals surface area contributed by atoms with Crippen molar-refractivity contribution in [2.24, 2.45) is 0 Å². The normalized spacial score (nSPS) is 19.7. The fraction of sp³-hybridized carbons (Fsp3) is 0.261. The number of amides is 5. The van der Waals surface area contributed by atoms with Gasteiger partial charge in [0.25, 0.3) is 11.8 Å². The number of hydrogen-bond donors (Lipinski definition) is 2.